The van der Waals surface area contributed by atoms with Crippen LogP contribution in [0.1, 0.15) is 28.8 Å². The van der Waals surface area contributed by atoms with Crippen molar-refractivity contribution in [3.8, 4) is 0 Å². The summed E-state index contributed by atoms with van der Waals surface area (Å²) < 4.78 is 6.56. The van der Waals surface area contributed by atoms with Crippen molar-refractivity contribution in [3.63, 3.8) is 0 Å². The highest BCUT2D eigenvalue weighted by atomic mass is 16.5. The number of fused-ring (bicyclic) bond motifs is 1. The molecule has 24 heavy (non-hydrogen) atoms. The van der Waals surface area contributed by atoms with Crippen molar-refractivity contribution in [2.45, 2.75) is 19.8 Å². The minimum absolute atomic E-state index is 0.202. The number of H-pyrrole nitrogens is 1. The van der Waals surface area contributed by atoms with Gasteiger partial charge in [-0.15, -0.1) is 0 Å². The van der Waals surface area contributed by atoms with Gasteiger partial charge in [0.25, 0.3) is 11.3 Å². The van der Waals surface area contributed by atoms with Crippen LogP contribution in [0.5, 0.6) is 0 Å². The Bertz CT molecular complexity index is 1050. The lowest BCUT2D eigenvalue weighted by Gasteiger charge is -1.93. The molecule has 3 aromatic heterocycles. The Labute approximate surface area is 136 Å². The summed E-state index contributed by atoms with van der Waals surface area (Å²) in [5.74, 6) is 1.92. The molecule has 0 spiro atoms. The van der Waals surface area contributed by atoms with Crippen molar-refractivity contribution in [1.82, 2.24) is 29.7 Å². The van der Waals surface area contributed by atoms with Gasteiger partial charge >= 0.3 is 0 Å². The summed E-state index contributed by atoms with van der Waals surface area (Å²) in [6.07, 6.45) is 0.911. The van der Waals surface area contributed by atoms with Gasteiger partial charge in [0, 0.05) is 18.2 Å². The zero-order chi connectivity index (χ0) is 16.5. The molecule has 4 aromatic rings. The summed E-state index contributed by atoms with van der Waals surface area (Å²) in [6.45, 7) is 1.75. The fourth-order valence-electron chi connectivity index (χ4n) is 2.47. The van der Waals surface area contributed by atoms with E-state index in [-0.39, 0.29) is 5.56 Å². The lowest BCUT2D eigenvalue weighted by atomic mass is 10.1. The summed E-state index contributed by atoms with van der Waals surface area (Å²) in [7, 11) is 0. The van der Waals surface area contributed by atoms with Crippen LogP contribution >= 0.6 is 0 Å². The van der Waals surface area contributed by atoms with Crippen LogP contribution in [0.25, 0.3) is 5.78 Å². The zero-order valence-corrected chi connectivity index (χ0v) is 12.9. The van der Waals surface area contributed by atoms with Gasteiger partial charge < -0.3 is 4.52 Å². The third-order valence-electron chi connectivity index (χ3n) is 3.54. The van der Waals surface area contributed by atoms with E-state index in [9.17, 15) is 4.79 Å². The topological polar surface area (TPSA) is 102 Å². The number of benzene rings is 1. The number of rotatable bonds is 4. The first-order chi connectivity index (χ1) is 11.7. The largest absolute Gasteiger partial charge is 0.339 e. The fourth-order valence-corrected chi connectivity index (χ4v) is 2.47. The van der Waals surface area contributed by atoms with Gasteiger partial charge in [-0.25, -0.2) is 4.98 Å². The van der Waals surface area contributed by atoms with E-state index >= 15 is 0 Å². The number of aryl methyl sites for hydroxylation is 1. The van der Waals surface area contributed by atoms with Gasteiger partial charge in [-0.05, 0) is 12.5 Å². The molecule has 120 valence electrons. The number of aromatic amines is 1. The maximum absolute atomic E-state index is 11.9. The van der Waals surface area contributed by atoms with Gasteiger partial charge in [-0.2, -0.15) is 14.5 Å². The normalized spacial score (nSPS) is 11.2. The Morgan fingerprint density at radius 3 is 2.79 bits per heavy atom. The highest BCUT2D eigenvalue weighted by Gasteiger charge is 2.12. The van der Waals surface area contributed by atoms with Gasteiger partial charge in [0.1, 0.15) is 5.82 Å². The highest BCUT2D eigenvalue weighted by Crippen LogP contribution is 2.09. The minimum Gasteiger partial charge on any atom is -0.339 e. The molecule has 1 aromatic carbocycles. The predicted octanol–water partition coefficient (Wildman–Crippen LogP) is 1.29. The second-order valence-electron chi connectivity index (χ2n) is 5.48. The molecule has 0 amide bonds. The number of hydrogen-bond donors (Lipinski definition) is 1. The van der Waals surface area contributed by atoms with Crippen LogP contribution in [0.3, 0.4) is 0 Å². The van der Waals surface area contributed by atoms with Crippen LogP contribution in [0.15, 0.2) is 45.7 Å². The van der Waals surface area contributed by atoms with Gasteiger partial charge in [0.2, 0.25) is 5.89 Å². The number of nitrogens with one attached hydrogen (secondary N) is 1. The van der Waals surface area contributed by atoms with Gasteiger partial charge in [0.15, 0.2) is 5.82 Å². The molecule has 0 saturated carbocycles. The number of hydrogen-bond acceptors (Lipinski definition) is 6. The zero-order valence-electron chi connectivity index (χ0n) is 12.9. The molecule has 8 nitrogen and oxygen atoms in total. The molecule has 0 saturated heterocycles. The summed E-state index contributed by atoms with van der Waals surface area (Å²) >= 11 is 0. The van der Waals surface area contributed by atoms with E-state index in [4.69, 9.17) is 4.52 Å². The van der Waals surface area contributed by atoms with Crippen LogP contribution in [-0.2, 0) is 12.8 Å². The molecular formula is C16H14N6O2. The Hall–Kier alpha value is -3.29. The van der Waals surface area contributed by atoms with E-state index in [0.29, 0.717) is 41.9 Å². The quantitative estimate of drug-likeness (QED) is 0.607. The number of aromatic nitrogens is 6. The van der Waals surface area contributed by atoms with Crippen molar-refractivity contribution in [3.05, 3.63) is 75.5 Å². The molecule has 8 heteroatoms. The SMILES string of the molecule is Cc1cc(=O)n2[nH]c(Cc3nc(Cc4ccccc4)no3)nc2n1. The maximum Gasteiger partial charge on any atom is 0.274 e. The molecule has 0 aliphatic carbocycles. The molecule has 0 radical (unpaired) electrons. The van der Waals surface area contributed by atoms with E-state index < -0.39 is 0 Å². The summed E-state index contributed by atoms with van der Waals surface area (Å²) in [4.78, 5) is 24.7. The second-order valence-corrected chi connectivity index (χ2v) is 5.48. The number of nitrogens with zero attached hydrogens (tertiary/aromatic N) is 5. The third-order valence-corrected chi connectivity index (χ3v) is 3.54. The Balaban J connectivity index is 1.56. The average molecular weight is 322 g/mol. The van der Waals surface area contributed by atoms with Crippen LogP contribution in [-0.4, -0.2) is 29.7 Å². The predicted molar refractivity (Wildman–Crippen MR) is 84.7 cm³/mol. The molecule has 0 atom stereocenters. The van der Waals surface area contributed by atoms with E-state index in [1.165, 1.54) is 10.6 Å². The summed E-state index contributed by atoms with van der Waals surface area (Å²) in [5.41, 5.74) is 1.53. The molecule has 0 unspecified atom stereocenters. The first kappa shape index (κ1) is 14.3. The van der Waals surface area contributed by atoms with E-state index in [0.717, 1.165) is 5.56 Å². The molecular weight excluding hydrogens is 308 g/mol. The highest BCUT2D eigenvalue weighted by molar-refractivity contribution is 5.28. The van der Waals surface area contributed by atoms with Crippen molar-refractivity contribution in [2.24, 2.45) is 0 Å². The van der Waals surface area contributed by atoms with Gasteiger partial charge in [-0.1, -0.05) is 35.5 Å². The molecule has 0 aliphatic rings. The van der Waals surface area contributed by atoms with Crippen LogP contribution in [0.4, 0.5) is 0 Å². The second kappa shape index (κ2) is 5.73. The average Bonchev–Trinajstić information content (AvgIpc) is 3.15. The van der Waals surface area contributed by atoms with Crippen molar-refractivity contribution in [2.75, 3.05) is 0 Å². The van der Waals surface area contributed by atoms with E-state index in [1.54, 1.807) is 6.92 Å². The molecule has 0 fully saturated rings. The monoisotopic (exact) mass is 322 g/mol. The lowest BCUT2D eigenvalue weighted by Crippen LogP contribution is -2.14. The maximum atomic E-state index is 11.9. The molecule has 3 heterocycles. The van der Waals surface area contributed by atoms with Crippen molar-refractivity contribution in [1.29, 1.82) is 0 Å². The smallest absolute Gasteiger partial charge is 0.274 e. The Morgan fingerprint density at radius 1 is 1.12 bits per heavy atom. The molecule has 4 rings (SSSR count). The van der Waals surface area contributed by atoms with E-state index in [1.807, 2.05) is 30.3 Å². The van der Waals surface area contributed by atoms with Crippen LogP contribution in [0.2, 0.25) is 0 Å². The molecule has 1 N–H and O–H groups in total. The van der Waals surface area contributed by atoms with Gasteiger partial charge in [0.05, 0.1) is 6.42 Å². The van der Waals surface area contributed by atoms with Crippen LogP contribution in [0, 0.1) is 6.92 Å². The molecule has 0 aliphatic heterocycles. The Kier molecular flexibility index (Phi) is 3.42. The van der Waals surface area contributed by atoms with Gasteiger partial charge in [-0.3, -0.25) is 9.89 Å². The van der Waals surface area contributed by atoms with E-state index in [2.05, 4.69) is 25.2 Å². The summed E-state index contributed by atoms with van der Waals surface area (Å²) in [6, 6.07) is 11.4. The minimum atomic E-state index is -0.202. The lowest BCUT2D eigenvalue weighted by molar-refractivity contribution is 0.378. The first-order valence-electron chi connectivity index (χ1n) is 7.48. The van der Waals surface area contributed by atoms with Crippen molar-refractivity contribution < 1.29 is 4.52 Å². The molecule has 0 bridgehead atoms. The third kappa shape index (κ3) is 2.81. The first-order valence-corrected chi connectivity index (χ1v) is 7.48. The van der Waals surface area contributed by atoms with Crippen molar-refractivity contribution >= 4 is 5.78 Å². The summed E-state index contributed by atoms with van der Waals surface area (Å²) in [5, 5.41) is 6.88. The Morgan fingerprint density at radius 2 is 1.96 bits per heavy atom. The fraction of sp³-hybridized carbons (Fsp3) is 0.188. The standard InChI is InChI=1S/C16H14N6O2/c1-10-7-15(23)22-16(17-10)19-12(20-22)9-14-18-13(21-24-14)8-11-5-3-2-4-6-11/h2-7H,8-9H2,1H3,(H,17,19,20). The van der Waals surface area contributed by atoms with Crippen LogP contribution < -0.4 is 5.56 Å².